The third kappa shape index (κ3) is 2.78. The molecule has 0 radical (unpaired) electrons. The van der Waals surface area contributed by atoms with Crippen molar-refractivity contribution >= 4 is 11.9 Å². The van der Waals surface area contributed by atoms with Crippen molar-refractivity contribution in [1.82, 2.24) is 5.32 Å². The lowest BCUT2D eigenvalue weighted by Crippen LogP contribution is -2.52. The van der Waals surface area contributed by atoms with Crippen molar-refractivity contribution in [3.05, 3.63) is 35.9 Å². The van der Waals surface area contributed by atoms with Gasteiger partial charge in [0.05, 0.1) is 6.61 Å². The fourth-order valence-corrected chi connectivity index (χ4v) is 2.52. The van der Waals surface area contributed by atoms with Crippen LogP contribution in [0.5, 0.6) is 0 Å². The number of carbonyl (C=O) groups is 2. The first-order valence-electron chi connectivity index (χ1n) is 6.68. The van der Waals surface area contributed by atoms with Crippen LogP contribution >= 0.6 is 0 Å². The predicted molar refractivity (Wildman–Crippen MR) is 71.5 cm³/mol. The molecule has 1 heterocycles. The normalized spacial score (nSPS) is 22.7. The zero-order valence-corrected chi connectivity index (χ0v) is 11.1. The summed E-state index contributed by atoms with van der Waals surface area (Å²) in [4.78, 5) is 24.5. The van der Waals surface area contributed by atoms with E-state index >= 15 is 0 Å². The largest absolute Gasteiger partial charge is 0.465 e. The zero-order chi connectivity index (χ0) is 13.7. The number of hydrogen-bond donors (Lipinski definition) is 1. The molecule has 102 valence electrons. The van der Waals surface area contributed by atoms with Gasteiger partial charge in [0.2, 0.25) is 5.91 Å². The zero-order valence-electron chi connectivity index (χ0n) is 11.1. The van der Waals surface area contributed by atoms with E-state index in [1.807, 2.05) is 30.3 Å². The van der Waals surface area contributed by atoms with E-state index < -0.39 is 11.4 Å². The SMILES string of the molecule is CCOC(=O)[C@]1(Cc2ccccc2)CCCNC1=O. The highest BCUT2D eigenvalue weighted by Crippen LogP contribution is 2.33. The van der Waals surface area contributed by atoms with Crippen molar-refractivity contribution in [2.45, 2.75) is 26.2 Å². The van der Waals surface area contributed by atoms with Crippen LogP contribution in [-0.4, -0.2) is 25.0 Å². The molecule has 1 atom stereocenters. The number of piperidine rings is 1. The molecule has 1 aliphatic rings. The molecule has 0 aliphatic carbocycles. The molecule has 0 spiro atoms. The second kappa shape index (κ2) is 5.87. The summed E-state index contributed by atoms with van der Waals surface area (Å²) in [5, 5.41) is 2.79. The van der Waals surface area contributed by atoms with Crippen molar-refractivity contribution < 1.29 is 14.3 Å². The molecule has 1 aromatic rings. The third-order valence-corrected chi connectivity index (χ3v) is 3.52. The van der Waals surface area contributed by atoms with Gasteiger partial charge in [0.15, 0.2) is 5.41 Å². The fourth-order valence-electron chi connectivity index (χ4n) is 2.52. The quantitative estimate of drug-likeness (QED) is 0.663. The molecule has 1 fully saturated rings. The Kier molecular flexibility index (Phi) is 4.20. The van der Waals surface area contributed by atoms with Gasteiger partial charge in [-0.15, -0.1) is 0 Å². The lowest BCUT2D eigenvalue weighted by Gasteiger charge is -2.33. The number of carbonyl (C=O) groups excluding carboxylic acids is 2. The van der Waals surface area contributed by atoms with Gasteiger partial charge >= 0.3 is 5.97 Å². The number of ether oxygens (including phenoxy) is 1. The number of hydrogen-bond acceptors (Lipinski definition) is 3. The van der Waals surface area contributed by atoms with Crippen LogP contribution in [0, 0.1) is 5.41 Å². The summed E-state index contributed by atoms with van der Waals surface area (Å²) in [5.41, 5.74) is -0.0806. The van der Waals surface area contributed by atoms with E-state index in [0.29, 0.717) is 26.0 Å². The van der Waals surface area contributed by atoms with Crippen LogP contribution < -0.4 is 5.32 Å². The minimum Gasteiger partial charge on any atom is -0.465 e. The Balaban J connectivity index is 2.28. The van der Waals surface area contributed by atoms with E-state index in [2.05, 4.69) is 5.32 Å². The Labute approximate surface area is 113 Å². The number of rotatable bonds is 4. The van der Waals surface area contributed by atoms with Gasteiger partial charge in [-0.1, -0.05) is 30.3 Å². The van der Waals surface area contributed by atoms with E-state index in [1.165, 1.54) is 0 Å². The van der Waals surface area contributed by atoms with E-state index in [-0.39, 0.29) is 5.91 Å². The summed E-state index contributed by atoms with van der Waals surface area (Å²) in [6.07, 6.45) is 1.75. The molecule has 0 saturated carbocycles. The van der Waals surface area contributed by atoms with Gasteiger partial charge in [0, 0.05) is 6.54 Å². The average Bonchev–Trinajstić information content (AvgIpc) is 2.43. The van der Waals surface area contributed by atoms with Crippen LogP contribution in [0.1, 0.15) is 25.3 Å². The van der Waals surface area contributed by atoms with Crippen molar-refractivity contribution in [3.63, 3.8) is 0 Å². The van der Waals surface area contributed by atoms with Gasteiger partial charge in [-0.25, -0.2) is 0 Å². The maximum atomic E-state index is 12.3. The first-order valence-corrected chi connectivity index (χ1v) is 6.68. The molecule has 1 aliphatic heterocycles. The molecule has 1 N–H and O–H groups in total. The highest BCUT2D eigenvalue weighted by molar-refractivity contribution is 6.03. The van der Waals surface area contributed by atoms with Crippen molar-refractivity contribution in [2.24, 2.45) is 5.41 Å². The topological polar surface area (TPSA) is 55.4 Å². The lowest BCUT2D eigenvalue weighted by molar-refractivity contribution is -0.163. The van der Waals surface area contributed by atoms with E-state index in [1.54, 1.807) is 6.92 Å². The molecule has 0 aromatic heterocycles. The maximum absolute atomic E-state index is 12.3. The standard InChI is InChI=1S/C15H19NO3/c1-2-19-14(18)15(9-6-10-16-13(15)17)11-12-7-4-3-5-8-12/h3-5,7-8H,2,6,9-11H2,1H3,(H,16,17)/t15-/m0/s1. The fraction of sp³-hybridized carbons (Fsp3) is 0.467. The van der Waals surface area contributed by atoms with Crippen LogP contribution in [0.25, 0.3) is 0 Å². The van der Waals surface area contributed by atoms with E-state index in [4.69, 9.17) is 4.74 Å². The number of esters is 1. The Morgan fingerprint density at radius 3 is 2.74 bits per heavy atom. The summed E-state index contributed by atoms with van der Waals surface area (Å²) < 4.78 is 5.13. The molecular weight excluding hydrogens is 242 g/mol. The Morgan fingerprint density at radius 1 is 1.37 bits per heavy atom. The van der Waals surface area contributed by atoms with Gasteiger partial charge in [0.1, 0.15) is 0 Å². The van der Waals surface area contributed by atoms with E-state index in [9.17, 15) is 9.59 Å². The smallest absolute Gasteiger partial charge is 0.321 e. The molecule has 0 bridgehead atoms. The number of amides is 1. The number of nitrogens with one attached hydrogen (secondary N) is 1. The highest BCUT2D eigenvalue weighted by atomic mass is 16.5. The second-order valence-corrected chi connectivity index (χ2v) is 4.82. The predicted octanol–water partition coefficient (Wildman–Crippen LogP) is 1.69. The molecule has 1 saturated heterocycles. The first-order chi connectivity index (χ1) is 9.19. The monoisotopic (exact) mass is 261 g/mol. The Bertz CT molecular complexity index is 458. The molecular formula is C15H19NO3. The number of benzene rings is 1. The summed E-state index contributed by atoms with van der Waals surface area (Å²) in [5.74, 6) is -0.614. The summed E-state index contributed by atoms with van der Waals surface area (Å²) in [6.45, 7) is 2.69. The van der Waals surface area contributed by atoms with Crippen LogP contribution in [-0.2, 0) is 20.7 Å². The maximum Gasteiger partial charge on any atom is 0.321 e. The molecule has 2 rings (SSSR count). The molecule has 1 aromatic carbocycles. The minimum absolute atomic E-state index is 0.207. The lowest BCUT2D eigenvalue weighted by atomic mass is 9.75. The molecule has 4 heteroatoms. The summed E-state index contributed by atoms with van der Waals surface area (Å²) >= 11 is 0. The van der Waals surface area contributed by atoms with Crippen molar-refractivity contribution in [2.75, 3.05) is 13.2 Å². The molecule has 19 heavy (non-hydrogen) atoms. The van der Waals surface area contributed by atoms with Gasteiger partial charge in [0.25, 0.3) is 0 Å². The van der Waals surface area contributed by atoms with Crippen LogP contribution in [0.15, 0.2) is 30.3 Å². The van der Waals surface area contributed by atoms with Crippen molar-refractivity contribution in [3.8, 4) is 0 Å². The van der Waals surface area contributed by atoms with Crippen molar-refractivity contribution in [1.29, 1.82) is 0 Å². The van der Waals surface area contributed by atoms with Gasteiger partial charge in [-0.2, -0.15) is 0 Å². The molecule has 4 nitrogen and oxygen atoms in total. The van der Waals surface area contributed by atoms with Gasteiger partial charge in [-0.05, 0) is 31.7 Å². The second-order valence-electron chi connectivity index (χ2n) is 4.82. The van der Waals surface area contributed by atoms with Gasteiger partial charge < -0.3 is 10.1 Å². The van der Waals surface area contributed by atoms with Gasteiger partial charge in [-0.3, -0.25) is 9.59 Å². The first kappa shape index (κ1) is 13.6. The molecule has 0 unspecified atom stereocenters. The Morgan fingerprint density at radius 2 is 2.11 bits per heavy atom. The highest BCUT2D eigenvalue weighted by Gasteiger charge is 2.48. The summed E-state index contributed by atoms with van der Waals surface area (Å²) in [6, 6.07) is 9.61. The molecule has 1 amide bonds. The van der Waals surface area contributed by atoms with E-state index in [0.717, 1.165) is 12.0 Å². The van der Waals surface area contributed by atoms with Crippen LogP contribution in [0.2, 0.25) is 0 Å². The third-order valence-electron chi connectivity index (χ3n) is 3.52. The Hall–Kier alpha value is -1.84. The minimum atomic E-state index is -1.06. The summed E-state index contributed by atoms with van der Waals surface area (Å²) in [7, 11) is 0. The average molecular weight is 261 g/mol. The van der Waals surface area contributed by atoms with Crippen LogP contribution in [0.3, 0.4) is 0 Å². The van der Waals surface area contributed by atoms with Crippen LogP contribution in [0.4, 0.5) is 0 Å².